The van der Waals surface area contributed by atoms with E-state index in [1.807, 2.05) is 0 Å². The van der Waals surface area contributed by atoms with Crippen molar-refractivity contribution in [2.45, 2.75) is 70.0 Å². The third-order valence-electron chi connectivity index (χ3n) is 3.79. The lowest BCUT2D eigenvalue weighted by Gasteiger charge is -2.18. The molecule has 0 aliphatic rings. The summed E-state index contributed by atoms with van der Waals surface area (Å²) in [6, 6.07) is 8.90. The number of halogens is 1. The van der Waals surface area contributed by atoms with E-state index in [1.165, 1.54) is 50.5 Å². The second-order valence-electron chi connectivity index (χ2n) is 5.14. The Balaban J connectivity index is 2.49. The van der Waals surface area contributed by atoms with Crippen molar-refractivity contribution in [3.05, 3.63) is 35.4 Å². The van der Waals surface area contributed by atoms with Gasteiger partial charge in [0.15, 0.2) is 0 Å². The van der Waals surface area contributed by atoms with Crippen molar-refractivity contribution < 1.29 is 0 Å². The third-order valence-corrected chi connectivity index (χ3v) is 4.39. The Morgan fingerprint density at radius 3 is 2.39 bits per heavy atom. The van der Waals surface area contributed by atoms with E-state index in [-0.39, 0.29) is 0 Å². The highest BCUT2D eigenvalue weighted by Crippen LogP contribution is 2.29. The molecule has 0 aliphatic carbocycles. The van der Waals surface area contributed by atoms with Crippen LogP contribution in [0.3, 0.4) is 0 Å². The van der Waals surface area contributed by atoms with Gasteiger partial charge in [0.05, 0.1) is 0 Å². The zero-order chi connectivity index (χ0) is 13.2. The normalized spacial score (nSPS) is 12.6. The molecule has 0 N–H and O–H groups in total. The summed E-state index contributed by atoms with van der Waals surface area (Å²) in [6.45, 7) is 4.60. The van der Waals surface area contributed by atoms with Gasteiger partial charge in [-0.1, -0.05) is 86.1 Å². The minimum absolute atomic E-state index is 0.750. The number of unbranched alkanes of at least 4 members (excludes halogenated alkanes) is 4. The smallest absolute Gasteiger partial charge is 0.0285 e. The fourth-order valence-corrected chi connectivity index (χ4v) is 3.14. The molecule has 0 amide bonds. The molecule has 1 unspecified atom stereocenters. The largest absolute Gasteiger partial charge is 0.0876 e. The molecule has 18 heavy (non-hydrogen) atoms. The van der Waals surface area contributed by atoms with Crippen LogP contribution in [0, 0.1) is 0 Å². The molecule has 0 radical (unpaired) electrons. The van der Waals surface area contributed by atoms with Crippen LogP contribution in [-0.4, -0.2) is 0 Å². The van der Waals surface area contributed by atoms with Gasteiger partial charge in [-0.15, -0.1) is 0 Å². The molecule has 0 saturated heterocycles. The number of benzene rings is 1. The third kappa shape index (κ3) is 5.14. The number of hydrogen-bond donors (Lipinski definition) is 0. The van der Waals surface area contributed by atoms with E-state index in [0.717, 1.165) is 11.2 Å². The molecular weight excluding hydrogens is 284 g/mol. The Labute approximate surface area is 121 Å². The maximum Gasteiger partial charge on any atom is 0.0285 e. The Morgan fingerprint density at radius 1 is 1.00 bits per heavy atom. The molecule has 1 rings (SSSR count). The van der Waals surface area contributed by atoms with Crippen molar-refractivity contribution in [1.29, 1.82) is 0 Å². The van der Waals surface area contributed by atoms with Crippen LogP contribution < -0.4 is 0 Å². The van der Waals surface area contributed by atoms with E-state index >= 15 is 0 Å². The average Bonchev–Trinajstić information content (AvgIpc) is 2.43. The van der Waals surface area contributed by atoms with E-state index in [9.17, 15) is 0 Å². The average molecular weight is 311 g/mol. The molecule has 0 nitrogen and oxygen atoms in total. The Hall–Kier alpha value is -0.300. The molecule has 1 heteroatoms. The van der Waals surface area contributed by atoms with Crippen molar-refractivity contribution in [3.8, 4) is 0 Å². The molecule has 0 saturated carbocycles. The van der Waals surface area contributed by atoms with Gasteiger partial charge in [-0.05, 0) is 29.9 Å². The zero-order valence-corrected chi connectivity index (χ0v) is 13.5. The molecule has 0 bridgehead atoms. The molecule has 0 heterocycles. The lowest BCUT2D eigenvalue weighted by atomic mass is 9.88. The summed E-state index contributed by atoms with van der Waals surface area (Å²) in [5.74, 6) is 0.750. The Kier molecular flexibility index (Phi) is 8.41. The van der Waals surface area contributed by atoms with Crippen molar-refractivity contribution >= 4 is 15.9 Å². The van der Waals surface area contributed by atoms with E-state index in [0.29, 0.717) is 0 Å². The van der Waals surface area contributed by atoms with Crippen LogP contribution in [0.2, 0.25) is 0 Å². The first-order chi connectivity index (χ1) is 8.83. The fourth-order valence-electron chi connectivity index (χ4n) is 2.63. The van der Waals surface area contributed by atoms with Gasteiger partial charge in [0.2, 0.25) is 0 Å². The standard InChI is InChI=1S/C17H27Br/c1-3-5-6-7-8-11-15(4-2)17-13-10-9-12-16(17)14-18/h9-10,12-13,15H,3-8,11,14H2,1-2H3. The summed E-state index contributed by atoms with van der Waals surface area (Å²) < 4.78 is 0. The highest BCUT2D eigenvalue weighted by molar-refractivity contribution is 9.08. The zero-order valence-electron chi connectivity index (χ0n) is 11.9. The van der Waals surface area contributed by atoms with Crippen LogP contribution >= 0.6 is 15.9 Å². The van der Waals surface area contributed by atoms with Gasteiger partial charge in [0.25, 0.3) is 0 Å². The highest BCUT2D eigenvalue weighted by Gasteiger charge is 2.12. The number of rotatable bonds is 9. The first-order valence-corrected chi connectivity index (χ1v) is 8.59. The van der Waals surface area contributed by atoms with Gasteiger partial charge in [0, 0.05) is 5.33 Å². The summed E-state index contributed by atoms with van der Waals surface area (Å²) in [5, 5.41) is 0.982. The van der Waals surface area contributed by atoms with Gasteiger partial charge >= 0.3 is 0 Å². The topological polar surface area (TPSA) is 0 Å². The lowest BCUT2D eigenvalue weighted by molar-refractivity contribution is 0.533. The molecule has 1 aromatic rings. The van der Waals surface area contributed by atoms with Gasteiger partial charge in [-0.3, -0.25) is 0 Å². The Bertz CT molecular complexity index is 319. The van der Waals surface area contributed by atoms with Crippen LogP contribution in [0.15, 0.2) is 24.3 Å². The first kappa shape index (κ1) is 15.8. The van der Waals surface area contributed by atoms with Crippen molar-refractivity contribution in [3.63, 3.8) is 0 Å². The summed E-state index contributed by atoms with van der Waals surface area (Å²) >= 11 is 3.61. The minimum Gasteiger partial charge on any atom is -0.0876 e. The van der Waals surface area contributed by atoms with Gasteiger partial charge in [-0.25, -0.2) is 0 Å². The highest BCUT2D eigenvalue weighted by atomic mass is 79.9. The number of alkyl halides is 1. The van der Waals surface area contributed by atoms with E-state index in [4.69, 9.17) is 0 Å². The monoisotopic (exact) mass is 310 g/mol. The molecule has 0 fully saturated rings. The summed E-state index contributed by atoms with van der Waals surface area (Å²) in [6.07, 6.45) is 9.55. The fraction of sp³-hybridized carbons (Fsp3) is 0.647. The van der Waals surface area contributed by atoms with E-state index in [1.54, 1.807) is 5.56 Å². The predicted molar refractivity (Wildman–Crippen MR) is 85.5 cm³/mol. The molecule has 0 spiro atoms. The molecule has 1 aromatic carbocycles. The van der Waals surface area contributed by atoms with Gasteiger partial charge in [0.1, 0.15) is 0 Å². The summed E-state index contributed by atoms with van der Waals surface area (Å²) in [7, 11) is 0. The lowest BCUT2D eigenvalue weighted by Crippen LogP contribution is -2.01. The van der Waals surface area contributed by atoms with E-state index < -0.39 is 0 Å². The van der Waals surface area contributed by atoms with Crippen molar-refractivity contribution in [1.82, 2.24) is 0 Å². The van der Waals surface area contributed by atoms with Crippen LogP contribution in [0.4, 0.5) is 0 Å². The second kappa shape index (κ2) is 9.61. The van der Waals surface area contributed by atoms with Crippen LogP contribution in [0.25, 0.3) is 0 Å². The SMILES string of the molecule is CCCCCCCC(CC)c1ccccc1CBr. The van der Waals surface area contributed by atoms with Crippen molar-refractivity contribution in [2.75, 3.05) is 0 Å². The molecule has 0 aromatic heterocycles. The molecular formula is C17H27Br. The van der Waals surface area contributed by atoms with Gasteiger partial charge in [-0.2, -0.15) is 0 Å². The maximum absolute atomic E-state index is 3.61. The summed E-state index contributed by atoms with van der Waals surface area (Å²) in [5.41, 5.74) is 3.03. The van der Waals surface area contributed by atoms with Crippen molar-refractivity contribution in [2.24, 2.45) is 0 Å². The van der Waals surface area contributed by atoms with Crippen LogP contribution in [-0.2, 0) is 5.33 Å². The molecule has 1 atom stereocenters. The number of hydrogen-bond acceptors (Lipinski definition) is 0. The quantitative estimate of drug-likeness (QED) is 0.364. The van der Waals surface area contributed by atoms with Crippen LogP contribution in [0.1, 0.15) is 75.8 Å². The van der Waals surface area contributed by atoms with Gasteiger partial charge < -0.3 is 0 Å². The van der Waals surface area contributed by atoms with Crippen LogP contribution in [0.5, 0.6) is 0 Å². The first-order valence-electron chi connectivity index (χ1n) is 7.47. The Morgan fingerprint density at radius 2 is 1.72 bits per heavy atom. The molecule has 0 aliphatic heterocycles. The predicted octanol–water partition coefficient (Wildman–Crippen LogP) is 6.44. The maximum atomic E-state index is 3.61. The summed E-state index contributed by atoms with van der Waals surface area (Å²) in [4.78, 5) is 0. The second-order valence-corrected chi connectivity index (χ2v) is 5.70. The minimum atomic E-state index is 0.750. The van der Waals surface area contributed by atoms with E-state index in [2.05, 4.69) is 54.0 Å². The molecule has 102 valence electrons.